The van der Waals surface area contributed by atoms with E-state index in [2.05, 4.69) is 15.6 Å². The number of nitrogen functional groups attached to an aromatic ring is 1. The fraction of sp³-hybridized carbons (Fsp3) is 0.500. The van der Waals surface area contributed by atoms with E-state index in [-0.39, 0.29) is 11.7 Å². The molecule has 1 rings (SSSR count). The minimum atomic E-state index is -0.223. The van der Waals surface area contributed by atoms with Crippen molar-refractivity contribution in [3.05, 3.63) is 4.88 Å². The van der Waals surface area contributed by atoms with Crippen LogP contribution in [-0.2, 0) is 0 Å². The van der Waals surface area contributed by atoms with Gasteiger partial charge in [-0.3, -0.25) is 4.79 Å². The van der Waals surface area contributed by atoms with E-state index in [1.165, 1.54) is 11.3 Å². The van der Waals surface area contributed by atoms with Crippen molar-refractivity contribution >= 4 is 28.2 Å². The molecule has 0 saturated carbocycles. The molecule has 0 aliphatic carbocycles. The summed E-state index contributed by atoms with van der Waals surface area (Å²) < 4.78 is 0. The van der Waals surface area contributed by atoms with Crippen molar-refractivity contribution in [1.29, 1.82) is 0 Å². The van der Waals surface area contributed by atoms with Crippen LogP contribution in [-0.4, -0.2) is 30.5 Å². The summed E-state index contributed by atoms with van der Waals surface area (Å²) in [6, 6.07) is 0. The smallest absolute Gasteiger partial charge is 0.265 e. The molecule has 1 aromatic rings. The first-order valence-corrected chi connectivity index (χ1v) is 5.49. The van der Waals surface area contributed by atoms with Gasteiger partial charge in [-0.15, -0.1) is 0 Å². The highest BCUT2D eigenvalue weighted by molar-refractivity contribution is 7.18. The van der Waals surface area contributed by atoms with Crippen LogP contribution in [0.3, 0.4) is 0 Å². The molecule has 6 nitrogen and oxygen atoms in total. The molecule has 0 saturated heterocycles. The first-order chi connectivity index (χ1) is 7.19. The highest BCUT2D eigenvalue weighted by Gasteiger charge is 2.14. The van der Waals surface area contributed by atoms with Gasteiger partial charge in [-0.1, -0.05) is 11.3 Å². The van der Waals surface area contributed by atoms with E-state index in [1.807, 2.05) is 6.92 Å². The molecule has 0 unspecified atom stereocenters. The Labute approximate surface area is 92.1 Å². The van der Waals surface area contributed by atoms with Crippen LogP contribution < -0.4 is 22.1 Å². The van der Waals surface area contributed by atoms with E-state index in [0.717, 1.165) is 6.54 Å². The number of hydrogen-bond donors (Lipinski definition) is 4. The van der Waals surface area contributed by atoms with Gasteiger partial charge in [0.05, 0.1) is 0 Å². The highest BCUT2D eigenvalue weighted by atomic mass is 32.1. The highest BCUT2D eigenvalue weighted by Crippen LogP contribution is 2.24. The molecule has 0 atom stereocenters. The summed E-state index contributed by atoms with van der Waals surface area (Å²) >= 11 is 1.24. The summed E-state index contributed by atoms with van der Waals surface area (Å²) in [5.74, 6) is 0.0325. The van der Waals surface area contributed by atoms with Crippen LogP contribution in [0, 0.1) is 0 Å². The summed E-state index contributed by atoms with van der Waals surface area (Å²) in [5, 5.41) is 6.31. The summed E-state index contributed by atoms with van der Waals surface area (Å²) in [6.45, 7) is 3.54. The van der Waals surface area contributed by atoms with Crippen molar-refractivity contribution in [2.45, 2.75) is 6.92 Å². The predicted octanol–water partition coefficient (Wildman–Crippen LogP) is -0.154. The van der Waals surface area contributed by atoms with Crippen molar-refractivity contribution in [2.24, 2.45) is 5.73 Å². The summed E-state index contributed by atoms with van der Waals surface area (Å²) in [6.07, 6.45) is 0. The molecule has 1 aromatic heterocycles. The van der Waals surface area contributed by atoms with E-state index in [1.54, 1.807) is 0 Å². The quantitative estimate of drug-likeness (QED) is 0.561. The van der Waals surface area contributed by atoms with Crippen LogP contribution in [0.4, 0.5) is 10.9 Å². The van der Waals surface area contributed by atoms with E-state index >= 15 is 0 Å². The minimum absolute atomic E-state index is 0.223. The Morgan fingerprint density at radius 1 is 1.60 bits per heavy atom. The number of amides is 1. The zero-order valence-corrected chi connectivity index (χ0v) is 9.36. The van der Waals surface area contributed by atoms with Gasteiger partial charge in [0.2, 0.25) is 0 Å². The van der Waals surface area contributed by atoms with Gasteiger partial charge in [-0.2, -0.15) is 0 Å². The van der Waals surface area contributed by atoms with Crippen LogP contribution in [0.1, 0.15) is 16.6 Å². The number of nitrogens with zero attached hydrogens (tertiary/aromatic N) is 1. The Balaban J connectivity index is 2.71. The van der Waals surface area contributed by atoms with Crippen LogP contribution in [0.15, 0.2) is 0 Å². The largest absolute Gasteiger partial charge is 0.382 e. The molecule has 7 heteroatoms. The number of carbonyl (C=O) groups is 1. The van der Waals surface area contributed by atoms with Gasteiger partial charge < -0.3 is 22.1 Å². The maximum atomic E-state index is 11.5. The first-order valence-electron chi connectivity index (χ1n) is 4.67. The Hall–Kier alpha value is -1.34. The standard InChI is InChI=1S/C8H15N5OS/c1-2-11-8-13-6(10)5(15-8)7(14)12-4-3-9/h2-4,9-10H2,1H3,(H,11,13)(H,12,14). The van der Waals surface area contributed by atoms with Gasteiger partial charge in [0.25, 0.3) is 5.91 Å². The second kappa shape index (κ2) is 5.52. The molecule has 84 valence electrons. The van der Waals surface area contributed by atoms with Crippen molar-refractivity contribution in [2.75, 3.05) is 30.7 Å². The molecule has 15 heavy (non-hydrogen) atoms. The van der Waals surface area contributed by atoms with Crippen LogP contribution in [0.2, 0.25) is 0 Å². The molecule has 0 aliphatic rings. The van der Waals surface area contributed by atoms with Gasteiger partial charge in [0.1, 0.15) is 10.7 Å². The molecule has 1 heterocycles. The molecule has 0 aliphatic heterocycles. The molecular weight excluding hydrogens is 214 g/mol. The Morgan fingerprint density at radius 2 is 2.33 bits per heavy atom. The van der Waals surface area contributed by atoms with Crippen LogP contribution in [0.25, 0.3) is 0 Å². The number of carbonyl (C=O) groups excluding carboxylic acids is 1. The van der Waals surface area contributed by atoms with Crippen molar-refractivity contribution < 1.29 is 4.79 Å². The van der Waals surface area contributed by atoms with E-state index in [9.17, 15) is 4.79 Å². The summed E-state index contributed by atoms with van der Waals surface area (Å²) in [4.78, 5) is 16.0. The molecule has 0 aromatic carbocycles. The van der Waals surface area contributed by atoms with E-state index < -0.39 is 0 Å². The van der Waals surface area contributed by atoms with Gasteiger partial charge in [-0.25, -0.2) is 4.98 Å². The maximum absolute atomic E-state index is 11.5. The lowest BCUT2D eigenvalue weighted by Gasteiger charge is -2.00. The lowest BCUT2D eigenvalue weighted by Crippen LogP contribution is -2.28. The number of nitrogens with two attached hydrogens (primary N) is 2. The minimum Gasteiger partial charge on any atom is -0.382 e. The molecule has 0 spiro atoms. The lowest BCUT2D eigenvalue weighted by molar-refractivity contribution is 0.0959. The summed E-state index contributed by atoms with van der Waals surface area (Å²) in [7, 11) is 0. The molecule has 0 radical (unpaired) electrons. The predicted molar refractivity (Wildman–Crippen MR) is 62.1 cm³/mol. The number of anilines is 2. The Kier molecular flexibility index (Phi) is 4.32. The Bertz CT molecular complexity index is 338. The van der Waals surface area contributed by atoms with Gasteiger partial charge in [-0.05, 0) is 6.92 Å². The number of rotatable bonds is 5. The molecule has 0 fully saturated rings. The molecule has 0 bridgehead atoms. The number of hydrogen-bond acceptors (Lipinski definition) is 6. The summed E-state index contributed by atoms with van der Waals surface area (Å²) in [5.41, 5.74) is 10.9. The fourth-order valence-corrected chi connectivity index (χ4v) is 1.86. The van der Waals surface area contributed by atoms with E-state index in [4.69, 9.17) is 11.5 Å². The van der Waals surface area contributed by atoms with Gasteiger partial charge >= 0.3 is 0 Å². The average molecular weight is 229 g/mol. The van der Waals surface area contributed by atoms with Crippen LogP contribution >= 0.6 is 11.3 Å². The molecular formula is C8H15N5OS. The third-order valence-corrected chi connectivity index (χ3v) is 2.65. The molecule has 6 N–H and O–H groups in total. The maximum Gasteiger partial charge on any atom is 0.265 e. The zero-order chi connectivity index (χ0) is 11.3. The third-order valence-electron chi connectivity index (χ3n) is 1.62. The fourth-order valence-electron chi connectivity index (χ4n) is 0.987. The first kappa shape index (κ1) is 11.7. The van der Waals surface area contributed by atoms with Crippen molar-refractivity contribution in [3.63, 3.8) is 0 Å². The normalized spacial score (nSPS) is 10.0. The zero-order valence-electron chi connectivity index (χ0n) is 8.54. The second-order valence-electron chi connectivity index (χ2n) is 2.81. The number of aromatic nitrogens is 1. The third kappa shape index (κ3) is 3.07. The van der Waals surface area contributed by atoms with Gasteiger partial charge in [0.15, 0.2) is 5.13 Å². The van der Waals surface area contributed by atoms with Crippen molar-refractivity contribution in [1.82, 2.24) is 10.3 Å². The second-order valence-corrected chi connectivity index (χ2v) is 3.81. The van der Waals surface area contributed by atoms with Crippen LogP contribution in [0.5, 0.6) is 0 Å². The number of nitrogens with one attached hydrogen (secondary N) is 2. The number of thiazole rings is 1. The Morgan fingerprint density at radius 3 is 2.93 bits per heavy atom. The average Bonchev–Trinajstić information content (AvgIpc) is 2.57. The van der Waals surface area contributed by atoms with E-state index in [0.29, 0.717) is 23.1 Å². The SMILES string of the molecule is CCNc1nc(N)c(C(=O)NCCN)s1. The van der Waals surface area contributed by atoms with Crippen molar-refractivity contribution in [3.8, 4) is 0 Å². The monoisotopic (exact) mass is 229 g/mol. The molecule has 1 amide bonds. The topological polar surface area (TPSA) is 106 Å². The van der Waals surface area contributed by atoms with Gasteiger partial charge in [0, 0.05) is 19.6 Å². The lowest BCUT2D eigenvalue weighted by atomic mass is 10.4.